The molecule has 1 aromatic heterocycles. The molecule has 2 aromatic rings. The van der Waals surface area contributed by atoms with Crippen LogP contribution in [0, 0.1) is 0 Å². The molecule has 1 saturated carbocycles. The maximum absolute atomic E-state index is 12.9. The molecular formula is C21H23F3N4O. The second-order valence-electron chi connectivity index (χ2n) is 7.79. The van der Waals surface area contributed by atoms with Crippen LogP contribution >= 0.6 is 0 Å². The van der Waals surface area contributed by atoms with Crippen molar-refractivity contribution in [2.24, 2.45) is 5.73 Å². The zero-order valence-corrected chi connectivity index (χ0v) is 15.8. The molecule has 29 heavy (non-hydrogen) atoms. The summed E-state index contributed by atoms with van der Waals surface area (Å²) < 4.78 is 38.7. The number of carbonyl (C=O) groups excluding carboxylic acids is 1. The number of hydrogen-bond donors (Lipinski definition) is 2. The molecule has 0 radical (unpaired) electrons. The Morgan fingerprint density at radius 3 is 2.55 bits per heavy atom. The van der Waals surface area contributed by atoms with Crippen LogP contribution in [0.5, 0.6) is 0 Å². The van der Waals surface area contributed by atoms with Crippen LogP contribution in [0.15, 0.2) is 42.7 Å². The van der Waals surface area contributed by atoms with Crippen molar-refractivity contribution >= 4 is 11.6 Å². The first-order valence-electron chi connectivity index (χ1n) is 9.74. The van der Waals surface area contributed by atoms with Crippen molar-refractivity contribution in [3.63, 3.8) is 0 Å². The van der Waals surface area contributed by atoms with Crippen LogP contribution in [0.4, 0.5) is 18.9 Å². The highest BCUT2D eigenvalue weighted by molar-refractivity contribution is 5.83. The predicted molar refractivity (Wildman–Crippen MR) is 103 cm³/mol. The first-order valence-corrected chi connectivity index (χ1v) is 9.74. The fourth-order valence-electron chi connectivity index (χ4n) is 3.70. The van der Waals surface area contributed by atoms with Gasteiger partial charge in [0.1, 0.15) is 6.04 Å². The van der Waals surface area contributed by atoms with Gasteiger partial charge in [0.15, 0.2) is 0 Å². The molecule has 0 spiro atoms. The van der Waals surface area contributed by atoms with Crippen molar-refractivity contribution in [1.82, 2.24) is 10.3 Å². The Bertz CT molecular complexity index is 880. The number of carbonyl (C=O) groups is 1. The van der Waals surface area contributed by atoms with Gasteiger partial charge >= 0.3 is 6.18 Å². The third-order valence-corrected chi connectivity index (χ3v) is 5.58. The Morgan fingerprint density at radius 1 is 1.17 bits per heavy atom. The molecule has 154 valence electrons. The van der Waals surface area contributed by atoms with Crippen molar-refractivity contribution in [3.05, 3.63) is 59.4 Å². The van der Waals surface area contributed by atoms with Gasteiger partial charge in [0.05, 0.1) is 17.4 Å². The number of pyridine rings is 1. The SMILES string of the molecule is NC(C(=O)NC1CCN(c2cncc(C(F)(F)F)c2)C1)c1ccc(C2CC2)cc1. The molecular weight excluding hydrogens is 381 g/mol. The number of hydrogen-bond acceptors (Lipinski definition) is 4. The number of anilines is 1. The van der Waals surface area contributed by atoms with E-state index in [-0.39, 0.29) is 11.9 Å². The van der Waals surface area contributed by atoms with Gasteiger partial charge in [-0.3, -0.25) is 9.78 Å². The monoisotopic (exact) mass is 404 g/mol. The van der Waals surface area contributed by atoms with Gasteiger partial charge in [-0.1, -0.05) is 24.3 Å². The van der Waals surface area contributed by atoms with Crippen molar-refractivity contribution in [1.29, 1.82) is 0 Å². The summed E-state index contributed by atoms with van der Waals surface area (Å²) in [6, 6.07) is 7.99. The van der Waals surface area contributed by atoms with E-state index in [0.29, 0.717) is 31.1 Å². The van der Waals surface area contributed by atoms with Gasteiger partial charge in [-0.05, 0) is 42.4 Å². The molecule has 4 rings (SSSR count). The molecule has 2 heterocycles. The lowest BCUT2D eigenvalue weighted by Crippen LogP contribution is -2.42. The second kappa shape index (κ2) is 7.67. The van der Waals surface area contributed by atoms with E-state index in [1.165, 1.54) is 24.6 Å². The summed E-state index contributed by atoms with van der Waals surface area (Å²) in [6.07, 6.45) is 0.851. The Kier molecular flexibility index (Phi) is 5.21. The van der Waals surface area contributed by atoms with E-state index >= 15 is 0 Å². The second-order valence-corrected chi connectivity index (χ2v) is 7.79. The van der Waals surface area contributed by atoms with Crippen molar-refractivity contribution < 1.29 is 18.0 Å². The fourth-order valence-corrected chi connectivity index (χ4v) is 3.70. The minimum Gasteiger partial charge on any atom is -0.368 e. The van der Waals surface area contributed by atoms with Gasteiger partial charge < -0.3 is 16.0 Å². The first kappa shape index (κ1) is 19.7. The molecule has 1 saturated heterocycles. The molecule has 1 amide bonds. The maximum atomic E-state index is 12.9. The summed E-state index contributed by atoms with van der Waals surface area (Å²) in [5.74, 6) is 0.363. The number of aromatic nitrogens is 1. The third kappa shape index (κ3) is 4.53. The standard InChI is InChI=1S/C21H23F3N4O/c22-21(23,24)16-9-18(11-26-10-16)28-8-7-17(12-28)27-20(29)19(25)15-5-3-14(4-6-15)13-1-2-13/h3-6,9-11,13,17,19H,1-2,7-8,12,25H2,(H,27,29). The Morgan fingerprint density at radius 2 is 1.90 bits per heavy atom. The average molecular weight is 404 g/mol. The van der Waals surface area contributed by atoms with E-state index in [9.17, 15) is 18.0 Å². The number of rotatable bonds is 5. The zero-order chi connectivity index (χ0) is 20.6. The number of nitrogens with one attached hydrogen (secondary N) is 1. The van der Waals surface area contributed by atoms with Gasteiger partial charge in [-0.2, -0.15) is 13.2 Å². The number of amides is 1. The summed E-state index contributed by atoms with van der Waals surface area (Å²) in [5.41, 5.74) is 7.77. The largest absolute Gasteiger partial charge is 0.417 e. The summed E-state index contributed by atoms with van der Waals surface area (Å²) in [5, 5.41) is 2.92. The van der Waals surface area contributed by atoms with Gasteiger partial charge in [0, 0.05) is 25.3 Å². The van der Waals surface area contributed by atoms with Crippen molar-refractivity contribution in [2.45, 2.75) is 43.4 Å². The van der Waals surface area contributed by atoms with E-state index in [4.69, 9.17) is 5.73 Å². The summed E-state index contributed by atoms with van der Waals surface area (Å²) in [7, 11) is 0. The zero-order valence-electron chi connectivity index (χ0n) is 15.8. The highest BCUT2D eigenvalue weighted by atomic mass is 19.4. The number of nitrogens with zero attached hydrogens (tertiary/aromatic N) is 2. The minimum atomic E-state index is -4.43. The first-order chi connectivity index (χ1) is 13.8. The highest BCUT2D eigenvalue weighted by Crippen LogP contribution is 2.40. The van der Waals surface area contributed by atoms with E-state index in [0.717, 1.165) is 17.8 Å². The van der Waals surface area contributed by atoms with Crippen LogP contribution in [0.2, 0.25) is 0 Å². The number of alkyl halides is 3. The molecule has 2 unspecified atom stereocenters. The number of benzene rings is 1. The highest BCUT2D eigenvalue weighted by Gasteiger charge is 2.33. The average Bonchev–Trinajstić information content (AvgIpc) is 3.46. The number of halogens is 3. The predicted octanol–water partition coefficient (Wildman–Crippen LogP) is 3.37. The van der Waals surface area contributed by atoms with Gasteiger partial charge in [0.25, 0.3) is 0 Å². The number of nitrogens with two attached hydrogens (primary N) is 1. The molecule has 8 heteroatoms. The van der Waals surface area contributed by atoms with Crippen LogP contribution < -0.4 is 16.0 Å². The molecule has 2 fully saturated rings. The molecule has 0 bridgehead atoms. The normalized spacial score (nSPS) is 20.6. The molecule has 3 N–H and O–H groups in total. The van der Waals surface area contributed by atoms with E-state index in [1.807, 2.05) is 24.3 Å². The molecule has 1 aliphatic carbocycles. The molecule has 1 aromatic carbocycles. The molecule has 2 aliphatic rings. The van der Waals surface area contributed by atoms with Crippen LogP contribution in [-0.4, -0.2) is 30.0 Å². The molecule has 1 aliphatic heterocycles. The van der Waals surface area contributed by atoms with Gasteiger partial charge in [-0.25, -0.2) is 0 Å². The summed E-state index contributed by atoms with van der Waals surface area (Å²) in [6.45, 7) is 0.960. The lowest BCUT2D eigenvalue weighted by molar-refractivity contribution is -0.137. The Balaban J connectivity index is 1.35. The molecule has 2 atom stereocenters. The minimum absolute atomic E-state index is 0.172. The molecule has 5 nitrogen and oxygen atoms in total. The topological polar surface area (TPSA) is 71.2 Å². The lowest BCUT2D eigenvalue weighted by Gasteiger charge is -2.21. The maximum Gasteiger partial charge on any atom is 0.417 e. The van der Waals surface area contributed by atoms with Gasteiger partial charge in [0.2, 0.25) is 5.91 Å². The quantitative estimate of drug-likeness (QED) is 0.802. The summed E-state index contributed by atoms with van der Waals surface area (Å²) in [4.78, 5) is 18.0. The van der Waals surface area contributed by atoms with Crippen LogP contribution in [0.3, 0.4) is 0 Å². The van der Waals surface area contributed by atoms with Crippen LogP contribution in [0.1, 0.15) is 47.9 Å². The lowest BCUT2D eigenvalue weighted by atomic mass is 10.0. The Labute approximate surface area is 167 Å². The van der Waals surface area contributed by atoms with E-state index < -0.39 is 17.8 Å². The smallest absolute Gasteiger partial charge is 0.368 e. The van der Waals surface area contributed by atoms with Crippen molar-refractivity contribution in [2.75, 3.05) is 18.0 Å². The fraction of sp³-hybridized carbons (Fsp3) is 0.429. The van der Waals surface area contributed by atoms with E-state index in [1.54, 1.807) is 4.90 Å². The van der Waals surface area contributed by atoms with Crippen molar-refractivity contribution in [3.8, 4) is 0 Å². The van der Waals surface area contributed by atoms with Crippen LogP contribution in [-0.2, 0) is 11.0 Å². The summed E-state index contributed by atoms with van der Waals surface area (Å²) >= 11 is 0. The van der Waals surface area contributed by atoms with E-state index in [2.05, 4.69) is 10.3 Å². The van der Waals surface area contributed by atoms with Crippen LogP contribution in [0.25, 0.3) is 0 Å². The van der Waals surface area contributed by atoms with Gasteiger partial charge in [-0.15, -0.1) is 0 Å². The third-order valence-electron chi connectivity index (χ3n) is 5.58. The Hall–Kier alpha value is -2.61.